The summed E-state index contributed by atoms with van der Waals surface area (Å²) in [4.78, 5) is 12.9. The number of benzene rings is 3. The van der Waals surface area contributed by atoms with Crippen LogP contribution < -0.4 is 5.32 Å². The molecule has 0 saturated carbocycles. The van der Waals surface area contributed by atoms with Crippen molar-refractivity contribution in [2.24, 2.45) is 0 Å². The van der Waals surface area contributed by atoms with Crippen LogP contribution in [0.15, 0.2) is 83.8 Å². The molecule has 0 atom stereocenters. The minimum Gasteiger partial charge on any atom is -0.379 e. The maximum atomic E-state index is 12.7. The SMILES string of the molecule is O=C(CCc1ccc(S(=O)(=O)N2CCOCC2)cc1)Nc1ccccc1Cc1ccccc1. The fourth-order valence-corrected chi connectivity index (χ4v) is 5.25. The number of carbonyl (C=O) groups is 1. The molecular weight excluding hydrogens is 436 g/mol. The number of sulfonamides is 1. The molecule has 1 heterocycles. The van der Waals surface area contributed by atoms with Gasteiger partial charge in [-0.15, -0.1) is 0 Å². The summed E-state index contributed by atoms with van der Waals surface area (Å²) in [5.74, 6) is -0.0690. The van der Waals surface area contributed by atoms with E-state index in [4.69, 9.17) is 4.74 Å². The number of morpholine rings is 1. The Morgan fingerprint density at radius 3 is 2.24 bits per heavy atom. The van der Waals surface area contributed by atoms with Crippen molar-refractivity contribution in [3.63, 3.8) is 0 Å². The van der Waals surface area contributed by atoms with Gasteiger partial charge in [-0.05, 0) is 47.7 Å². The number of anilines is 1. The van der Waals surface area contributed by atoms with Crippen LogP contribution in [-0.4, -0.2) is 44.9 Å². The third kappa shape index (κ3) is 6.07. The van der Waals surface area contributed by atoms with E-state index in [9.17, 15) is 13.2 Å². The second-order valence-electron chi connectivity index (χ2n) is 8.03. The lowest BCUT2D eigenvalue weighted by Gasteiger charge is -2.26. The number of amides is 1. The molecule has 0 radical (unpaired) electrons. The third-order valence-corrected chi connectivity index (χ3v) is 7.61. The number of hydrogen-bond donors (Lipinski definition) is 1. The van der Waals surface area contributed by atoms with Gasteiger partial charge < -0.3 is 10.1 Å². The molecular formula is C26H28N2O4S. The summed E-state index contributed by atoms with van der Waals surface area (Å²) in [5, 5.41) is 3.03. The molecule has 1 aliphatic rings. The van der Waals surface area contributed by atoms with E-state index >= 15 is 0 Å². The van der Waals surface area contributed by atoms with Crippen LogP contribution in [0, 0.1) is 0 Å². The van der Waals surface area contributed by atoms with Crippen LogP contribution in [-0.2, 0) is 32.4 Å². The molecule has 1 fully saturated rings. The molecule has 7 heteroatoms. The van der Waals surface area contributed by atoms with Crippen molar-refractivity contribution >= 4 is 21.6 Å². The van der Waals surface area contributed by atoms with E-state index in [1.54, 1.807) is 24.3 Å². The zero-order chi connectivity index (χ0) is 23.1. The van der Waals surface area contributed by atoms with Gasteiger partial charge in [-0.25, -0.2) is 8.42 Å². The molecule has 1 amide bonds. The predicted molar refractivity (Wildman–Crippen MR) is 129 cm³/mol. The van der Waals surface area contributed by atoms with Gasteiger partial charge in [0.1, 0.15) is 0 Å². The van der Waals surface area contributed by atoms with Crippen LogP contribution in [0.5, 0.6) is 0 Å². The van der Waals surface area contributed by atoms with E-state index in [2.05, 4.69) is 17.4 Å². The number of nitrogens with one attached hydrogen (secondary N) is 1. The molecule has 3 aromatic rings. The van der Waals surface area contributed by atoms with E-state index in [1.807, 2.05) is 42.5 Å². The number of rotatable bonds is 8. The molecule has 0 aromatic heterocycles. The van der Waals surface area contributed by atoms with Crippen molar-refractivity contribution < 1.29 is 17.9 Å². The van der Waals surface area contributed by atoms with Crippen molar-refractivity contribution in [3.05, 3.63) is 95.6 Å². The van der Waals surface area contributed by atoms with Crippen molar-refractivity contribution in [3.8, 4) is 0 Å². The first-order chi connectivity index (χ1) is 16.0. The van der Waals surface area contributed by atoms with E-state index in [0.717, 1.165) is 23.2 Å². The maximum absolute atomic E-state index is 12.7. The molecule has 0 spiro atoms. The van der Waals surface area contributed by atoms with Gasteiger partial charge in [0.25, 0.3) is 0 Å². The fraction of sp³-hybridized carbons (Fsp3) is 0.269. The van der Waals surface area contributed by atoms with Gasteiger partial charge in [0.2, 0.25) is 15.9 Å². The van der Waals surface area contributed by atoms with Gasteiger partial charge >= 0.3 is 0 Å². The molecule has 0 bridgehead atoms. The van der Waals surface area contributed by atoms with Crippen LogP contribution in [0.1, 0.15) is 23.1 Å². The van der Waals surface area contributed by atoms with Gasteiger partial charge in [-0.3, -0.25) is 4.79 Å². The molecule has 33 heavy (non-hydrogen) atoms. The molecule has 0 unspecified atom stereocenters. The Labute approximate surface area is 195 Å². The second kappa shape index (κ2) is 10.7. The summed E-state index contributed by atoms with van der Waals surface area (Å²) < 4.78 is 32.2. The number of nitrogens with zero attached hydrogens (tertiary/aromatic N) is 1. The number of para-hydroxylation sites is 1. The first-order valence-electron chi connectivity index (χ1n) is 11.1. The minimum absolute atomic E-state index is 0.0690. The summed E-state index contributed by atoms with van der Waals surface area (Å²) in [5.41, 5.74) is 3.99. The van der Waals surface area contributed by atoms with Gasteiger partial charge in [0.15, 0.2) is 0 Å². The maximum Gasteiger partial charge on any atom is 0.243 e. The average molecular weight is 465 g/mol. The van der Waals surface area contributed by atoms with E-state index in [1.165, 1.54) is 9.87 Å². The Kier molecular flexibility index (Phi) is 7.54. The van der Waals surface area contributed by atoms with Crippen LogP contribution in [0.2, 0.25) is 0 Å². The van der Waals surface area contributed by atoms with Gasteiger partial charge in [-0.2, -0.15) is 4.31 Å². The number of carbonyl (C=O) groups excluding carboxylic acids is 1. The van der Waals surface area contributed by atoms with Crippen molar-refractivity contribution in [1.29, 1.82) is 0 Å². The molecule has 1 aliphatic heterocycles. The Morgan fingerprint density at radius 2 is 1.52 bits per heavy atom. The van der Waals surface area contributed by atoms with Crippen LogP contribution in [0.3, 0.4) is 0 Å². The number of ether oxygens (including phenoxy) is 1. The Bertz CT molecular complexity index is 1170. The Hall–Kier alpha value is -3.00. The average Bonchev–Trinajstić information content (AvgIpc) is 2.85. The standard InChI is InChI=1S/C26H28N2O4S/c29-26(27-25-9-5-4-8-23(25)20-22-6-2-1-3-7-22)15-12-21-10-13-24(14-11-21)33(30,31)28-16-18-32-19-17-28/h1-11,13-14H,12,15-20H2,(H,27,29). The zero-order valence-corrected chi connectivity index (χ0v) is 19.3. The highest BCUT2D eigenvalue weighted by Gasteiger charge is 2.26. The van der Waals surface area contributed by atoms with Crippen molar-refractivity contribution in [1.82, 2.24) is 4.31 Å². The Morgan fingerprint density at radius 1 is 0.848 bits per heavy atom. The lowest BCUT2D eigenvalue weighted by atomic mass is 10.0. The summed E-state index contributed by atoms with van der Waals surface area (Å²) in [7, 11) is -3.51. The first kappa shape index (κ1) is 23.2. The number of aryl methyl sites for hydroxylation is 1. The van der Waals surface area contributed by atoms with E-state index in [-0.39, 0.29) is 10.8 Å². The summed E-state index contributed by atoms with van der Waals surface area (Å²) in [6.45, 7) is 1.58. The minimum atomic E-state index is -3.51. The molecule has 172 valence electrons. The zero-order valence-electron chi connectivity index (χ0n) is 18.4. The first-order valence-corrected chi connectivity index (χ1v) is 12.5. The predicted octanol–water partition coefficient (Wildman–Crippen LogP) is 3.87. The summed E-state index contributed by atoms with van der Waals surface area (Å²) in [6.07, 6.45) is 1.59. The molecule has 1 N–H and O–H groups in total. The lowest BCUT2D eigenvalue weighted by Crippen LogP contribution is -2.40. The number of hydrogen-bond acceptors (Lipinski definition) is 4. The second-order valence-corrected chi connectivity index (χ2v) is 9.97. The molecule has 6 nitrogen and oxygen atoms in total. The highest BCUT2D eigenvalue weighted by Crippen LogP contribution is 2.21. The highest BCUT2D eigenvalue weighted by atomic mass is 32.2. The largest absolute Gasteiger partial charge is 0.379 e. The molecule has 1 saturated heterocycles. The van der Waals surface area contributed by atoms with Crippen LogP contribution >= 0.6 is 0 Å². The Balaban J connectivity index is 1.34. The van der Waals surface area contributed by atoms with E-state index in [0.29, 0.717) is 39.1 Å². The van der Waals surface area contributed by atoms with Gasteiger partial charge in [-0.1, -0.05) is 60.7 Å². The van der Waals surface area contributed by atoms with E-state index < -0.39 is 10.0 Å². The van der Waals surface area contributed by atoms with Gasteiger partial charge in [0, 0.05) is 25.2 Å². The molecule has 0 aliphatic carbocycles. The fourth-order valence-electron chi connectivity index (χ4n) is 3.85. The lowest BCUT2D eigenvalue weighted by molar-refractivity contribution is -0.116. The van der Waals surface area contributed by atoms with Gasteiger partial charge in [0.05, 0.1) is 18.1 Å². The quantitative estimate of drug-likeness (QED) is 0.549. The molecule has 4 rings (SSSR count). The third-order valence-electron chi connectivity index (χ3n) is 5.70. The van der Waals surface area contributed by atoms with Crippen LogP contribution in [0.4, 0.5) is 5.69 Å². The van der Waals surface area contributed by atoms with Crippen LogP contribution in [0.25, 0.3) is 0 Å². The normalized spacial score (nSPS) is 14.7. The highest BCUT2D eigenvalue weighted by molar-refractivity contribution is 7.89. The van der Waals surface area contributed by atoms with Crippen molar-refractivity contribution in [2.75, 3.05) is 31.6 Å². The monoisotopic (exact) mass is 464 g/mol. The topological polar surface area (TPSA) is 75.7 Å². The summed E-state index contributed by atoms with van der Waals surface area (Å²) >= 11 is 0. The smallest absolute Gasteiger partial charge is 0.243 e. The summed E-state index contributed by atoms with van der Waals surface area (Å²) in [6, 6.07) is 24.8. The van der Waals surface area contributed by atoms with Crippen molar-refractivity contribution in [2.45, 2.75) is 24.2 Å². The molecule has 3 aromatic carbocycles.